The van der Waals surface area contributed by atoms with E-state index in [4.69, 9.17) is 0 Å². The number of nitrogens with zero attached hydrogens (tertiary/aromatic N) is 3. The normalized spacial score (nSPS) is 10.8. The van der Waals surface area contributed by atoms with Gasteiger partial charge in [0.2, 0.25) is 0 Å². The first-order valence-corrected chi connectivity index (χ1v) is 9.75. The molecule has 0 fully saturated rings. The summed E-state index contributed by atoms with van der Waals surface area (Å²) in [5.74, 6) is -0.613. The monoisotopic (exact) mass is 416 g/mol. The maximum absolute atomic E-state index is 13.2. The van der Waals surface area contributed by atoms with E-state index in [1.165, 1.54) is 17.0 Å². The molecule has 0 saturated carbocycles. The van der Waals surface area contributed by atoms with Crippen molar-refractivity contribution in [1.29, 1.82) is 0 Å². The molecule has 0 atom stereocenters. The number of carbonyl (C=O) groups is 2. The Kier molecular flexibility index (Phi) is 5.49. The second-order valence-corrected chi connectivity index (χ2v) is 7.35. The summed E-state index contributed by atoms with van der Waals surface area (Å²) in [6.07, 6.45) is 1.63. The Morgan fingerprint density at radius 2 is 1.71 bits per heavy atom. The maximum atomic E-state index is 13.2. The van der Waals surface area contributed by atoms with Crippen LogP contribution in [0.2, 0.25) is 0 Å². The Morgan fingerprint density at radius 3 is 2.39 bits per heavy atom. The topological polar surface area (TPSA) is 67.2 Å². The molecule has 3 aromatic carbocycles. The number of amides is 2. The molecule has 6 nitrogen and oxygen atoms in total. The lowest BCUT2D eigenvalue weighted by Gasteiger charge is -2.11. The standard InChI is InChI=1S/C24H21FN4O2/c1-28(2)24(31)17-8-6-16(7-9-17)14-26-23(30)20-4-3-5-22-21(20)15-27-29(22)19-12-10-18(25)11-13-19/h3-13,15H,14H2,1-2H3,(H,26,30). The van der Waals surface area contributed by atoms with Crippen LogP contribution in [0.5, 0.6) is 0 Å². The molecule has 1 N–H and O–H groups in total. The minimum Gasteiger partial charge on any atom is -0.348 e. The van der Waals surface area contributed by atoms with E-state index in [-0.39, 0.29) is 17.6 Å². The Hall–Kier alpha value is -4.00. The van der Waals surface area contributed by atoms with Crippen LogP contribution in [0.25, 0.3) is 16.6 Å². The number of rotatable bonds is 5. The van der Waals surface area contributed by atoms with Crippen LogP contribution >= 0.6 is 0 Å². The first-order chi connectivity index (χ1) is 14.9. The number of nitrogens with one attached hydrogen (secondary N) is 1. The third-order valence-corrected chi connectivity index (χ3v) is 4.99. The molecule has 0 unspecified atom stereocenters. The van der Waals surface area contributed by atoms with Crippen LogP contribution in [0.4, 0.5) is 4.39 Å². The van der Waals surface area contributed by atoms with Crippen molar-refractivity contribution < 1.29 is 14.0 Å². The average molecular weight is 416 g/mol. The van der Waals surface area contributed by atoms with E-state index in [0.29, 0.717) is 28.7 Å². The predicted molar refractivity (Wildman–Crippen MR) is 117 cm³/mol. The Morgan fingerprint density at radius 1 is 1.00 bits per heavy atom. The molecule has 0 spiro atoms. The van der Waals surface area contributed by atoms with Crippen molar-refractivity contribution in [2.75, 3.05) is 14.1 Å². The minimum atomic E-state index is -0.320. The summed E-state index contributed by atoms with van der Waals surface area (Å²) < 4.78 is 14.9. The Balaban J connectivity index is 1.52. The van der Waals surface area contributed by atoms with Gasteiger partial charge in [-0.25, -0.2) is 9.07 Å². The zero-order chi connectivity index (χ0) is 22.0. The third kappa shape index (κ3) is 4.16. The van der Waals surface area contributed by atoms with E-state index in [1.807, 2.05) is 18.2 Å². The predicted octanol–water partition coefficient (Wildman–Crippen LogP) is 3.80. The van der Waals surface area contributed by atoms with E-state index in [9.17, 15) is 14.0 Å². The lowest BCUT2D eigenvalue weighted by Crippen LogP contribution is -2.23. The van der Waals surface area contributed by atoms with Gasteiger partial charge in [0.05, 0.1) is 23.0 Å². The summed E-state index contributed by atoms with van der Waals surface area (Å²) in [6, 6.07) is 18.6. The summed E-state index contributed by atoms with van der Waals surface area (Å²) in [5.41, 5.74) is 3.45. The molecule has 0 radical (unpaired) electrons. The molecule has 4 rings (SSSR count). The van der Waals surface area contributed by atoms with Crippen LogP contribution in [0.3, 0.4) is 0 Å². The summed E-state index contributed by atoms with van der Waals surface area (Å²) in [4.78, 5) is 26.3. The number of benzene rings is 3. The SMILES string of the molecule is CN(C)C(=O)c1ccc(CNC(=O)c2cccc3c2cnn3-c2ccc(F)cc2)cc1. The summed E-state index contributed by atoms with van der Waals surface area (Å²) in [7, 11) is 3.41. The van der Waals surface area contributed by atoms with Gasteiger partial charge >= 0.3 is 0 Å². The van der Waals surface area contributed by atoms with E-state index < -0.39 is 0 Å². The minimum absolute atomic E-state index is 0.0690. The summed E-state index contributed by atoms with van der Waals surface area (Å²) in [6.45, 7) is 0.331. The van der Waals surface area contributed by atoms with Gasteiger partial charge in [-0.2, -0.15) is 5.10 Å². The van der Waals surface area contributed by atoms with Crippen molar-refractivity contribution >= 4 is 22.7 Å². The molecule has 0 saturated heterocycles. The largest absolute Gasteiger partial charge is 0.348 e. The van der Waals surface area contributed by atoms with E-state index in [2.05, 4.69) is 10.4 Å². The molecule has 0 aliphatic heterocycles. The van der Waals surface area contributed by atoms with Gasteiger partial charge in [-0.3, -0.25) is 9.59 Å². The number of carbonyl (C=O) groups excluding carboxylic acids is 2. The lowest BCUT2D eigenvalue weighted by molar-refractivity contribution is 0.0827. The second kappa shape index (κ2) is 8.39. The van der Waals surface area contributed by atoms with Crippen LogP contribution in [-0.2, 0) is 6.54 Å². The van der Waals surface area contributed by atoms with Crippen molar-refractivity contribution in [3.63, 3.8) is 0 Å². The fraction of sp³-hybridized carbons (Fsp3) is 0.125. The highest BCUT2D eigenvalue weighted by Gasteiger charge is 2.14. The van der Waals surface area contributed by atoms with Crippen LogP contribution in [0.15, 0.2) is 72.9 Å². The molecule has 0 bridgehead atoms. The maximum Gasteiger partial charge on any atom is 0.253 e. The molecule has 1 heterocycles. The Labute approximate surface area is 178 Å². The second-order valence-electron chi connectivity index (χ2n) is 7.35. The highest BCUT2D eigenvalue weighted by molar-refractivity contribution is 6.06. The number of hydrogen-bond donors (Lipinski definition) is 1. The molecule has 4 aromatic rings. The fourth-order valence-corrected chi connectivity index (χ4v) is 3.34. The van der Waals surface area contributed by atoms with Crippen molar-refractivity contribution in [3.8, 4) is 5.69 Å². The first kappa shape index (κ1) is 20.3. The number of halogens is 1. The van der Waals surface area contributed by atoms with Gasteiger partial charge in [-0.15, -0.1) is 0 Å². The van der Waals surface area contributed by atoms with Gasteiger partial charge in [-0.05, 0) is 54.1 Å². The molecular weight excluding hydrogens is 395 g/mol. The van der Waals surface area contributed by atoms with Gasteiger partial charge in [-0.1, -0.05) is 18.2 Å². The molecule has 0 aliphatic rings. The number of aromatic nitrogens is 2. The lowest BCUT2D eigenvalue weighted by atomic mass is 10.1. The van der Waals surface area contributed by atoms with E-state index in [0.717, 1.165) is 11.1 Å². The van der Waals surface area contributed by atoms with Crippen molar-refractivity contribution in [2.45, 2.75) is 6.54 Å². The number of hydrogen-bond acceptors (Lipinski definition) is 3. The zero-order valence-electron chi connectivity index (χ0n) is 17.2. The van der Waals surface area contributed by atoms with Crippen molar-refractivity contribution in [1.82, 2.24) is 20.0 Å². The van der Waals surface area contributed by atoms with Gasteiger partial charge in [0.1, 0.15) is 5.82 Å². The molecule has 7 heteroatoms. The highest BCUT2D eigenvalue weighted by atomic mass is 19.1. The fourth-order valence-electron chi connectivity index (χ4n) is 3.34. The van der Waals surface area contributed by atoms with Gasteiger partial charge in [0.25, 0.3) is 11.8 Å². The third-order valence-electron chi connectivity index (χ3n) is 4.99. The molecule has 1 aromatic heterocycles. The van der Waals surface area contributed by atoms with Crippen LogP contribution in [0.1, 0.15) is 26.3 Å². The van der Waals surface area contributed by atoms with Crippen LogP contribution in [0, 0.1) is 5.82 Å². The molecule has 2 amide bonds. The van der Waals surface area contributed by atoms with Gasteiger partial charge in [0, 0.05) is 31.6 Å². The van der Waals surface area contributed by atoms with Crippen molar-refractivity contribution in [2.24, 2.45) is 0 Å². The van der Waals surface area contributed by atoms with E-state index in [1.54, 1.807) is 61.4 Å². The van der Waals surface area contributed by atoms with Crippen LogP contribution in [-0.4, -0.2) is 40.6 Å². The van der Waals surface area contributed by atoms with Gasteiger partial charge < -0.3 is 10.2 Å². The summed E-state index contributed by atoms with van der Waals surface area (Å²) in [5, 5.41) is 7.99. The molecule has 0 aliphatic carbocycles. The molecule has 31 heavy (non-hydrogen) atoms. The number of fused-ring (bicyclic) bond motifs is 1. The van der Waals surface area contributed by atoms with E-state index >= 15 is 0 Å². The smallest absolute Gasteiger partial charge is 0.253 e. The first-order valence-electron chi connectivity index (χ1n) is 9.75. The average Bonchev–Trinajstić information content (AvgIpc) is 3.22. The quantitative estimate of drug-likeness (QED) is 0.538. The molecular formula is C24H21FN4O2. The van der Waals surface area contributed by atoms with Gasteiger partial charge in [0.15, 0.2) is 0 Å². The van der Waals surface area contributed by atoms with Crippen LogP contribution < -0.4 is 5.32 Å². The molecule has 156 valence electrons. The summed E-state index contributed by atoms with van der Waals surface area (Å²) >= 11 is 0. The van der Waals surface area contributed by atoms with Crippen molar-refractivity contribution in [3.05, 3.63) is 95.4 Å². The highest BCUT2D eigenvalue weighted by Crippen LogP contribution is 2.22. The Bertz CT molecular complexity index is 1250. The zero-order valence-corrected chi connectivity index (χ0v) is 17.2.